The van der Waals surface area contributed by atoms with Crippen molar-refractivity contribution in [2.75, 3.05) is 0 Å². The summed E-state index contributed by atoms with van der Waals surface area (Å²) in [5, 5.41) is 9.81. The Hall–Kier alpha value is -0.310. The number of rotatable bonds is 1. The Bertz CT molecular complexity index is 527. The van der Waals surface area contributed by atoms with Crippen molar-refractivity contribution in [1.29, 1.82) is 5.26 Å². The van der Waals surface area contributed by atoms with Gasteiger partial charge in [-0.3, -0.25) is 0 Å². The molecular weight excluding hydrogens is 329 g/mol. The van der Waals surface area contributed by atoms with Gasteiger partial charge in [0.1, 0.15) is 0 Å². The molecule has 1 heterocycles. The van der Waals surface area contributed by atoms with Crippen LogP contribution in [-0.2, 0) is 6.42 Å². The van der Waals surface area contributed by atoms with Crippen LogP contribution in [0.4, 0.5) is 0 Å². The molecule has 0 amide bonds. The van der Waals surface area contributed by atoms with Gasteiger partial charge in [-0.25, -0.2) is 0 Å². The van der Waals surface area contributed by atoms with Crippen LogP contribution in [0.3, 0.4) is 0 Å². The van der Waals surface area contributed by atoms with E-state index in [0.29, 0.717) is 6.42 Å². The molecule has 4 heteroatoms. The number of hydrogen-bond donors (Lipinski definition) is 0. The van der Waals surface area contributed by atoms with Gasteiger partial charge in [0.25, 0.3) is 0 Å². The van der Waals surface area contributed by atoms with Gasteiger partial charge in [0, 0.05) is 13.7 Å². The number of benzene rings is 1. The van der Waals surface area contributed by atoms with Crippen molar-refractivity contribution in [2.24, 2.45) is 0 Å². The lowest BCUT2D eigenvalue weighted by molar-refractivity contribution is 1.26. The first-order chi connectivity index (χ1) is 6.72. The fourth-order valence-electron chi connectivity index (χ4n) is 1.31. The summed E-state index contributed by atoms with van der Waals surface area (Å²) >= 11 is 9.78. The summed E-state index contributed by atoms with van der Waals surface area (Å²) in [6, 6.07) is 8.15. The van der Waals surface area contributed by atoms with Crippen LogP contribution in [0.2, 0.25) is 4.34 Å². The molecule has 0 saturated carbocycles. The summed E-state index contributed by atoms with van der Waals surface area (Å²) in [6.07, 6.45) is 0.460. The van der Waals surface area contributed by atoms with E-state index in [2.05, 4.69) is 28.7 Å². The molecule has 2 aromatic rings. The zero-order valence-corrected chi connectivity index (χ0v) is 10.8. The van der Waals surface area contributed by atoms with Gasteiger partial charge in [0.05, 0.1) is 16.8 Å². The Kier molecular flexibility index (Phi) is 2.96. The molecule has 1 aromatic carbocycles. The summed E-state index contributed by atoms with van der Waals surface area (Å²) in [5.74, 6) is 0. The summed E-state index contributed by atoms with van der Waals surface area (Å²) in [6.45, 7) is 0. The average Bonchev–Trinajstić information content (AvgIpc) is 2.52. The lowest BCUT2D eigenvalue weighted by Crippen LogP contribution is -1.86. The van der Waals surface area contributed by atoms with Crippen LogP contribution in [0, 0.1) is 14.9 Å². The molecule has 2 rings (SSSR count). The van der Waals surface area contributed by atoms with Gasteiger partial charge in [0.2, 0.25) is 0 Å². The van der Waals surface area contributed by atoms with Gasteiger partial charge in [-0.2, -0.15) is 5.26 Å². The second kappa shape index (κ2) is 4.05. The number of hydrogen-bond acceptors (Lipinski definition) is 2. The molecule has 0 fully saturated rings. The van der Waals surface area contributed by atoms with Crippen LogP contribution in [-0.4, -0.2) is 0 Å². The van der Waals surface area contributed by atoms with Gasteiger partial charge >= 0.3 is 0 Å². The summed E-state index contributed by atoms with van der Waals surface area (Å²) < 4.78 is 3.12. The number of fused-ring (bicyclic) bond motifs is 1. The monoisotopic (exact) mass is 333 g/mol. The first-order valence-corrected chi connectivity index (χ1v) is 6.23. The summed E-state index contributed by atoms with van der Waals surface area (Å²) in [5.41, 5.74) is 1.08. The van der Waals surface area contributed by atoms with Gasteiger partial charge < -0.3 is 0 Å². The Morgan fingerprint density at radius 3 is 3.00 bits per heavy atom. The fourth-order valence-corrected chi connectivity index (χ4v) is 3.47. The standard InChI is InChI=1S/C10H5ClINS/c11-9-5-7-8(14-9)2-1-6(3-4-13)10(7)12/h1-2,5H,3H2. The fraction of sp³-hybridized carbons (Fsp3) is 0.100. The molecule has 14 heavy (non-hydrogen) atoms. The Morgan fingerprint density at radius 1 is 1.50 bits per heavy atom. The highest BCUT2D eigenvalue weighted by atomic mass is 127. The minimum absolute atomic E-state index is 0.460. The highest BCUT2D eigenvalue weighted by Gasteiger charge is 2.07. The normalized spacial score (nSPS) is 10.4. The van der Waals surface area contributed by atoms with Gasteiger partial charge in [0.15, 0.2) is 0 Å². The molecule has 0 radical (unpaired) electrons. The number of nitriles is 1. The van der Waals surface area contributed by atoms with Gasteiger partial charge in [-0.1, -0.05) is 17.7 Å². The molecule has 0 aliphatic heterocycles. The predicted molar refractivity (Wildman–Crippen MR) is 68.9 cm³/mol. The minimum atomic E-state index is 0.460. The second-order valence-electron chi connectivity index (χ2n) is 2.84. The largest absolute Gasteiger partial charge is 0.198 e. The predicted octanol–water partition coefficient (Wildman–Crippen LogP) is 4.23. The summed E-state index contributed by atoms with van der Waals surface area (Å²) in [7, 11) is 0. The molecule has 1 nitrogen and oxygen atoms in total. The van der Waals surface area contributed by atoms with Crippen LogP contribution >= 0.6 is 45.5 Å². The van der Waals surface area contributed by atoms with Crippen LogP contribution < -0.4 is 0 Å². The maximum absolute atomic E-state index is 8.64. The van der Waals surface area contributed by atoms with E-state index in [1.165, 1.54) is 4.70 Å². The minimum Gasteiger partial charge on any atom is -0.198 e. The van der Waals surface area contributed by atoms with Crippen LogP contribution in [0.15, 0.2) is 18.2 Å². The topological polar surface area (TPSA) is 23.8 Å². The van der Waals surface area contributed by atoms with Gasteiger partial charge in [-0.05, 0) is 40.3 Å². The average molecular weight is 334 g/mol. The van der Waals surface area contributed by atoms with Crippen molar-refractivity contribution in [3.8, 4) is 6.07 Å². The number of halogens is 2. The van der Waals surface area contributed by atoms with Crippen molar-refractivity contribution in [1.82, 2.24) is 0 Å². The van der Waals surface area contributed by atoms with E-state index in [0.717, 1.165) is 18.9 Å². The van der Waals surface area contributed by atoms with Crippen molar-refractivity contribution < 1.29 is 0 Å². The Morgan fingerprint density at radius 2 is 2.29 bits per heavy atom. The summed E-state index contributed by atoms with van der Waals surface area (Å²) in [4.78, 5) is 0. The zero-order chi connectivity index (χ0) is 10.1. The highest BCUT2D eigenvalue weighted by molar-refractivity contribution is 14.1. The van der Waals surface area contributed by atoms with Gasteiger partial charge in [-0.15, -0.1) is 11.3 Å². The zero-order valence-electron chi connectivity index (χ0n) is 7.05. The third-order valence-electron chi connectivity index (χ3n) is 1.95. The first kappa shape index (κ1) is 10.2. The maximum Gasteiger partial charge on any atom is 0.0941 e. The molecule has 0 atom stereocenters. The van der Waals surface area contributed by atoms with E-state index in [-0.39, 0.29) is 0 Å². The number of thiophene rings is 1. The first-order valence-electron chi connectivity index (χ1n) is 3.95. The maximum atomic E-state index is 8.64. The molecule has 70 valence electrons. The lowest BCUT2D eigenvalue weighted by Gasteiger charge is -2.00. The van der Waals surface area contributed by atoms with E-state index in [9.17, 15) is 0 Å². The molecule has 0 N–H and O–H groups in total. The van der Waals surface area contributed by atoms with E-state index in [4.69, 9.17) is 16.9 Å². The molecule has 0 aliphatic carbocycles. The molecule has 0 aliphatic rings. The van der Waals surface area contributed by atoms with Crippen molar-refractivity contribution in [2.45, 2.75) is 6.42 Å². The third-order valence-corrected chi connectivity index (χ3v) is 4.46. The smallest absolute Gasteiger partial charge is 0.0941 e. The number of nitrogens with zero attached hydrogens (tertiary/aromatic N) is 1. The molecule has 0 bridgehead atoms. The van der Waals surface area contributed by atoms with Crippen LogP contribution in [0.5, 0.6) is 0 Å². The highest BCUT2D eigenvalue weighted by Crippen LogP contribution is 2.33. The third kappa shape index (κ3) is 1.74. The SMILES string of the molecule is N#CCc1ccc2sc(Cl)cc2c1I. The molecule has 0 spiro atoms. The van der Waals surface area contributed by atoms with E-state index >= 15 is 0 Å². The van der Waals surface area contributed by atoms with Crippen molar-refractivity contribution in [3.05, 3.63) is 31.7 Å². The van der Waals surface area contributed by atoms with Crippen molar-refractivity contribution >= 4 is 55.6 Å². The molecular formula is C10H5ClINS. The Balaban J connectivity index is 2.69. The van der Waals surface area contributed by atoms with E-state index in [1.807, 2.05) is 18.2 Å². The Labute approximate surface area is 104 Å². The van der Waals surface area contributed by atoms with Crippen molar-refractivity contribution in [3.63, 3.8) is 0 Å². The quantitative estimate of drug-likeness (QED) is 0.717. The lowest BCUT2D eigenvalue weighted by atomic mass is 10.1. The van der Waals surface area contributed by atoms with Crippen LogP contribution in [0.25, 0.3) is 10.1 Å². The second-order valence-corrected chi connectivity index (χ2v) is 5.63. The van der Waals surface area contributed by atoms with E-state index in [1.54, 1.807) is 11.3 Å². The molecule has 0 saturated heterocycles. The molecule has 0 unspecified atom stereocenters. The van der Waals surface area contributed by atoms with Crippen LogP contribution in [0.1, 0.15) is 5.56 Å². The van der Waals surface area contributed by atoms with E-state index < -0.39 is 0 Å². The molecule has 1 aromatic heterocycles.